The molecule has 0 atom stereocenters. The van der Waals surface area contributed by atoms with E-state index in [0.29, 0.717) is 17.9 Å². The molecular formula is C18H17N3O3. The van der Waals surface area contributed by atoms with Crippen molar-refractivity contribution in [2.45, 2.75) is 13.5 Å². The van der Waals surface area contributed by atoms with Crippen LogP contribution in [0.15, 0.2) is 53.6 Å². The molecule has 0 aliphatic carbocycles. The van der Waals surface area contributed by atoms with Gasteiger partial charge in [0.15, 0.2) is 0 Å². The number of amides is 1. The lowest BCUT2D eigenvalue weighted by Crippen LogP contribution is -2.26. The summed E-state index contributed by atoms with van der Waals surface area (Å²) in [5.74, 6) is -0.488. The minimum atomic E-state index is -0.488. The summed E-state index contributed by atoms with van der Waals surface area (Å²) in [6.45, 7) is 2.32. The fraction of sp³-hybridized carbons (Fsp3) is 0.167. The molecule has 3 rings (SSSR count). The fourth-order valence-corrected chi connectivity index (χ4v) is 2.44. The first-order valence-corrected chi connectivity index (χ1v) is 7.46. The molecule has 1 aromatic carbocycles. The number of aryl methyl sites for hydroxylation is 1. The molecule has 3 aromatic rings. The molecule has 122 valence electrons. The summed E-state index contributed by atoms with van der Waals surface area (Å²) in [4.78, 5) is 29.1. The third-order valence-electron chi connectivity index (χ3n) is 3.59. The number of benzene rings is 1. The van der Waals surface area contributed by atoms with Crippen LogP contribution >= 0.6 is 0 Å². The zero-order valence-electron chi connectivity index (χ0n) is 13.4. The number of hydrogen-bond acceptors (Lipinski definition) is 4. The van der Waals surface area contributed by atoms with Gasteiger partial charge >= 0.3 is 0 Å². The lowest BCUT2D eigenvalue weighted by atomic mass is 10.2. The highest BCUT2D eigenvalue weighted by Crippen LogP contribution is 2.12. The average Bonchev–Trinajstić information content (AvgIpc) is 2.56. The van der Waals surface area contributed by atoms with Gasteiger partial charge in [-0.25, -0.2) is 4.98 Å². The molecule has 6 heteroatoms. The Kier molecular flexibility index (Phi) is 4.39. The van der Waals surface area contributed by atoms with Crippen molar-refractivity contribution in [3.05, 3.63) is 75.8 Å². The third-order valence-corrected chi connectivity index (χ3v) is 3.59. The van der Waals surface area contributed by atoms with Gasteiger partial charge in [0, 0.05) is 25.2 Å². The Morgan fingerprint density at radius 3 is 2.92 bits per heavy atom. The van der Waals surface area contributed by atoms with Gasteiger partial charge in [0.25, 0.3) is 11.5 Å². The van der Waals surface area contributed by atoms with E-state index in [4.69, 9.17) is 4.74 Å². The lowest BCUT2D eigenvalue weighted by Gasteiger charge is -2.08. The van der Waals surface area contributed by atoms with Gasteiger partial charge in [-0.15, -0.1) is 0 Å². The summed E-state index contributed by atoms with van der Waals surface area (Å²) < 4.78 is 6.46. The number of fused-ring (bicyclic) bond motifs is 1. The number of nitrogens with zero attached hydrogens (tertiary/aromatic N) is 2. The van der Waals surface area contributed by atoms with E-state index in [1.807, 2.05) is 25.1 Å². The standard InChI is InChI=1S/C18H17N3O3/c1-12-6-7-16-19-9-15(18(23)21(16)10-12)17(22)20-14-5-3-4-13(8-14)11-24-2/h3-10H,11H2,1-2H3,(H,20,22). The molecule has 1 N–H and O–H groups in total. The molecule has 2 heterocycles. The molecule has 1 amide bonds. The lowest BCUT2D eigenvalue weighted by molar-refractivity contribution is 0.102. The van der Waals surface area contributed by atoms with E-state index >= 15 is 0 Å². The van der Waals surface area contributed by atoms with Crippen LogP contribution in [0.5, 0.6) is 0 Å². The second-order valence-corrected chi connectivity index (χ2v) is 5.50. The maximum Gasteiger partial charge on any atom is 0.270 e. The van der Waals surface area contributed by atoms with Gasteiger partial charge < -0.3 is 10.1 Å². The summed E-state index contributed by atoms with van der Waals surface area (Å²) in [6.07, 6.45) is 2.97. The van der Waals surface area contributed by atoms with Crippen molar-refractivity contribution in [2.24, 2.45) is 0 Å². The largest absolute Gasteiger partial charge is 0.380 e. The van der Waals surface area contributed by atoms with Gasteiger partial charge in [-0.05, 0) is 36.2 Å². The van der Waals surface area contributed by atoms with Crippen molar-refractivity contribution >= 4 is 17.2 Å². The predicted molar refractivity (Wildman–Crippen MR) is 91.3 cm³/mol. The summed E-state index contributed by atoms with van der Waals surface area (Å²) in [7, 11) is 1.61. The first-order chi connectivity index (χ1) is 11.6. The van der Waals surface area contributed by atoms with E-state index in [0.717, 1.165) is 11.1 Å². The molecule has 24 heavy (non-hydrogen) atoms. The van der Waals surface area contributed by atoms with E-state index in [9.17, 15) is 9.59 Å². The molecule has 0 fully saturated rings. The highest BCUT2D eigenvalue weighted by molar-refractivity contribution is 6.03. The van der Waals surface area contributed by atoms with Gasteiger partial charge in [0.1, 0.15) is 11.2 Å². The molecule has 6 nitrogen and oxygen atoms in total. The van der Waals surface area contributed by atoms with Gasteiger partial charge in [0.05, 0.1) is 6.61 Å². The number of pyridine rings is 1. The van der Waals surface area contributed by atoms with E-state index < -0.39 is 11.5 Å². The fourth-order valence-electron chi connectivity index (χ4n) is 2.44. The number of methoxy groups -OCH3 is 1. The Hall–Kier alpha value is -2.99. The number of hydrogen-bond donors (Lipinski definition) is 1. The second kappa shape index (κ2) is 6.64. The topological polar surface area (TPSA) is 72.7 Å². The molecular weight excluding hydrogens is 306 g/mol. The van der Waals surface area contributed by atoms with Crippen molar-refractivity contribution in [1.82, 2.24) is 9.38 Å². The number of carbonyl (C=O) groups excluding carboxylic acids is 1. The van der Waals surface area contributed by atoms with Crippen LogP contribution in [0, 0.1) is 6.92 Å². The number of nitrogens with one attached hydrogen (secondary N) is 1. The van der Waals surface area contributed by atoms with E-state index in [1.54, 1.807) is 31.5 Å². The zero-order chi connectivity index (χ0) is 17.1. The van der Waals surface area contributed by atoms with E-state index in [-0.39, 0.29) is 5.56 Å². The number of anilines is 1. The molecule has 2 aromatic heterocycles. The van der Waals surface area contributed by atoms with Crippen LogP contribution in [0.4, 0.5) is 5.69 Å². The summed E-state index contributed by atoms with van der Waals surface area (Å²) in [5, 5.41) is 2.73. The Labute approximate surface area is 138 Å². The molecule has 0 saturated carbocycles. The van der Waals surface area contributed by atoms with Crippen LogP contribution in [0.3, 0.4) is 0 Å². The average molecular weight is 323 g/mol. The summed E-state index contributed by atoms with van der Waals surface area (Å²) in [6, 6.07) is 10.9. The van der Waals surface area contributed by atoms with Crippen LogP contribution in [0.1, 0.15) is 21.5 Å². The number of carbonyl (C=O) groups is 1. The minimum Gasteiger partial charge on any atom is -0.380 e. The van der Waals surface area contributed by atoms with E-state index in [1.165, 1.54) is 10.6 Å². The van der Waals surface area contributed by atoms with Crippen molar-refractivity contribution in [1.29, 1.82) is 0 Å². The van der Waals surface area contributed by atoms with Gasteiger partial charge in [0.2, 0.25) is 0 Å². The van der Waals surface area contributed by atoms with Crippen LogP contribution in [0.2, 0.25) is 0 Å². The minimum absolute atomic E-state index is 0.00440. The van der Waals surface area contributed by atoms with Crippen LogP contribution in [-0.4, -0.2) is 22.4 Å². The number of ether oxygens (including phenoxy) is 1. The van der Waals surface area contributed by atoms with Crippen molar-refractivity contribution in [2.75, 3.05) is 12.4 Å². The molecule has 0 bridgehead atoms. The molecule has 0 unspecified atom stereocenters. The third kappa shape index (κ3) is 3.18. The number of rotatable bonds is 4. The smallest absolute Gasteiger partial charge is 0.270 e. The van der Waals surface area contributed by atoms with Gasteiger partial charge in [-0.3, -0.25) is 14.0 Å². The predicted octanol–water partition coefficient (Wildman–Crippen LogP) is 2.40. The Balaban J connectivity index is 1.93. The normalized spacial score (nSPS) is 10.8. The Morgan fingerprint density at radius 1 is 1.29 bits per heavy atom. The van der Waals surface area contributed by atoms with E-state index in [2.05, 4.69) is 10.3 Å². The highest BCUT2D eigenvalue weighted by atomic mass is 16.5. The quantitative estimate of drug-likeness (QED) is 0.800. The van der Waals surface area contributed by atoms with Gasteiger partial charge in [-0.1, -0.05) is 18.2 Å². The maximum absolute atomic E-state index is 12.5. The Morgan fingerprint density at radius 2 is 2.12 bits per heavy atom. The van der Waals surface area contributed by atoms with Crippen molar-refractivity contribution < 1.29 is 9.53 Å². The molecule has 0 spiro atoms. The monoisotopic (exact) mass is 323 g/mol. The SMILES string of the molecule is COCc1cccc(NC(=O)c2cnc3ccc(C)cn3c2=O)c1. The van der Waals surface area contributed by atoms with Crippen molar-refractivity contribution in [3.63, 3.8) is 0 Å². The number of aromatic nitrogens is 2. The molecule has 0 saturated heterocycles. The summed E-state index contributed by atoms with van der Waals surface area (Å²) in [5.41, 5.74) is 2.55. The van der Waals surface area contributed by atoms with Gasteiger partial charge in [-0.2, -0.15) is 0 Å². The van der Waals surface area contributed by atoms with Crippen LogP contribution < -0.4 is 10.9 Å². The van der Waals surface area contributed by atoms with Crippen LogP contribution in [0.25, 0.3) is 5.65 Å². The summed E-state index contributed by atoms with van der Waals surface area (Å²) >= 11 is 0. The molecule has 0 aliphatic heterocycles. The molecule has 0 radical (unpaired) electrons. The molecule has 0 aliphatic rings. The Bertz CT molecular complexity index is 963. The van der Waals surface area contributed by atoms with Crippen LogP contribution in [-0.2, 0) is 11.3 Å². The first-order valence-electron chi connectivity index (χ1n) is 7.46. The maximum atomic E-state index is 12.5. The highest BCUT2D eigenvalue weighted by Gasteiger charge is 2.13. The zero-order valence-corrected chi connectivity index (χ0v) is 13.4. The first kappa shape index (κ1) is 15.9. The second-order valence-electron chi connectivity index (χ2n) is 5.50. The van der Waals surface area contributed by atoms with Crippen molar-refractivity contribution in [3.8, 4) is 0 Å².